The Morgan fingerprint density at radius 1 is 1.19 bits per heavy atom. The van der Waals surface area contributed by atoms with E-state index in [-0.39, 0.29) is 5.03 Å². The summed E-state index contributed by atoms with van der Waals surface area (Å²) in [7, 11) is 1.61. The predicted molar refractivity (Wildman–Crippen MR) is 104 cm³/mol. The van der Waals surface area contributed by atoms with Crippen LogP contribution in [0.4, 0.5) is 8.78 Å². The van der Waals surface area contributed by atoms with Crippen LogP contribution in [0.25, 0.3) is 32.7 Å². The van der Waals surface area contributed by atoms with Crippen LogP contribution in [0.1, 0.15) is 11.5 Å². The van der Waals surface area contributed by atoms with Crippen molar-refractivity contribution >= 4 is 45.1 Å². The first-order chi connectivity index (χ1) is 13.0. The third-order valence-electron chi connectivity index (χ3n) is 3.86. The van der Waals surface area contributed by atoms with Crippen molar-refractivity contribution in [3.8, 4) is 16.3 Å². The molecule has 0 radical (unpaired) electrons. The van der Waals surface area contributed by atoms with Crippen molar-refractivity contribution in [3.63, 3.8) is 0 Å². The summed E-state index contributed by atoms with van der Waals surface area (Å²) < 4.78 is 31.9. The highest BCUT2D eigenvalue weighted by Crippen LogP contribution is 2.29. The molecular weight excluding hydrogens is 392 g/mol. The van der Waals surface area contributed by atoms with Gasteiger partial charge in [-0.25, -0.2) is 18.7 Å². The molecule has 0 unspecified atom stereocenters. The highest BCUT2D eigenvalue weighted by atomic mass is 35.5. The van der Waals surface area contributed by atoms with E-state index in [1.807, 2.05) is 29.6 Å². The molecule has 0 bridgehead atoms. The zero-order chi connectivity index (χ0) is 19.0. The molecule has 2 aromatic carbocycles. The molecule has 1 N–H and O–H groups in total. The molecule has 2 aromatic heterocycles. The number of aromatic amines is 1. The van der Waals surface area contributed by atoms with E-state index in [0.717, 1.165) is 28.5 Å². The topological polar surface area (TPSA) is 50.8 Å². The summed E-state index contributed by atoms with van der Waals surface area (Å²) >= 11 is 7.79. The van der Waals surface area contributed by atoms with Crippen LogP contribution in [0.15, 0.2) is 41.8 Å². The van der Waals surface area contributed by atoms with Crippen molar-refractivity contribution in [2.24, 2.45) is 0 Å². The number of rotatable bonds is 4. The van der Waals surface area contributed by atoms with Crippen LogP contribution >= 0.6 is 22.9 Å². The predicted octanol–water partition coefficient (Wildman–Crippen LogP) is 5.71. The second-order valence-corrected chi connectivity index (χ2v) is 6.94. The van der Waals surface area contributed by atoms with Gasteiger partial charge in [0.2, 0.25) is 0 Å². The minimum atomic E-state index is -0.955. The highest BCUT2D eigenvalue weighted by molar-refractivity contribution is 7.13. The van der Waals surface area contributed by atoms with Gasteiger partial charge in [-0.2, -0.15) is 0 Å². The number of benzene rings is 2. The number of hydrogen-bond acceptors (Lipinski definition) is 4. The van der Waals surface area contributed by atoms with Gasteiger partial charge in [0.05, 0.1) is 28.9 Å². The number of fused-ring (bicyclic) bond motifs is 1. The first kappa shape index (κ1) is 17.6. The fraction of sp³-hybridized carbons (Fsp3) is 0.0526. The summed E-state index contributed by atoms with van der Waals surface area (Å²) in [5.41, 5.74) is 2.25. The van der Waals surface area contributed by atoms with Gasteiger partial charge >= 0.3 is 0 Å². The fourth-order valence-electron chi connectivity index (χ4n) is 2.56. The average Bonchev–Trinajstić information content (AvgIpc) is 3.29. The lowest BCUT2D eigenvalue weighted by Crippen LogP contribution is -1.84. The second-order valence-electron chi connectivity index (χ2n) is 5.67. The van der Waals surface area contributed by atoms with E-state index in [2.05, 4.69) is 15.0 Å². The summed E-state index contributed by atoms with van der Waals surface area (Å²) in [6.07, 6.45) is 1.64. The Balaban J connectivity index is 1.64. The molecule has 0 spiro atoms. The molecule has 0 fully saturated rings. The van der Waals surface area contributed by atoms with Crippen LogP contribution in [0.3, 0.4) is 0 Å². The van der Waals surface area contributed by atoms with Gasteiger partial charge in [0, 0.05) is 23.1 Å². The number of aromatic nitrogens is 3. The summed E-state index contributed by atoms with van der Waals surface area (Å²) in [5, 5.41) is 2.96. The Kier molecular flexibility index (Phi) is 4.63. The smallest absolute Gasteiger partial charge is 0.161 e. The quantitative estimate of drug-likeness (QED) is 0.474. The summed E-state index contributed by atoms with van der Waals surface area (Å²) in [6.45, 7) is 0. The lowest BCUT2D eigenvalue weighted by Gasteiger charge is -2.01. The van der Waals surface area contributed by atoms with Crippen LogP contribution in [-0.2, 0) is 0 Å². The second kappa shape index (κ2) is 7.09. The van der Waals surface area contributed by atoms with Gasteiger partial charge in [-0.15, -0.1) is 11.3 Å². The molecule has 0 saturated carbocycles. The molecule has 27 heavy (non-hydrogen) atoms. The molecule has 0 amide bonds. The fourth-order valence-corrected chi connectivity index (χ4v) is 3.53. The molecule has 0 aliphatic rings. The van der Waals surface area contributed by atoms with Crippen LogP contribution in [-0.4, -0.2) is 22.1 Å². The van der Waals surface area contributed by atoms with Gasteiger partial charge in [0.15, 0.2) is 11.6 Å². The van der Waals surface area contributed by atoms with E-state index in [1.165, 1.54) is 11.3 Å². The number of nitrogens with one attached hydrogen (secondary N) is 1. The van der Waals surface area contributed by atoms with Crippen molar-refractivity contribution in [3.05, 3.63) is 64.9 Å². The maximum absolute atomic E-state index is 13.3. The van der Waals surface area contributed by atoms with E-state index in [9.17, 15) is 8.78 Å². The Bertz CT molecular complexity index is 1130. The monoisotopic (exact) mass is 403 g/mol. The van der Waals surface area contributed by atoms with Gasteiger partial charge in [-0.1, -0.05) is 23.7 Å². The summed E-state index contributed by atoms with van der Waals surface area (Å²) in [4.78, 5) is 11.6. The van der Waals surface area contributed by atoms with Gasteiger partial charge < -0.3 is 9.72 Å². The number of hydrogen-bond donors (Lipinski definition) is 1. The number of methoxy groups -OCH3 is 1. The summed E-state index contributed by atoms with van der Waals surface area (Å²) in [5.74, 6) is -0.838. The maximum Gasteiger partial charge on any atom is 0.161 e. The third kappa shape index (κ3) is 3.56. The van der Waals surface area contributed by atoms with Gasteiger partial charge in [-0.3, -0.25) is 0 Å². The van der Waals surface area contributed by atoms with Crippen LogP contribution in [0, 0.1) is 11.6 Å². The zero-order valence-electron chi connectivity index (χ0n) is 14.0. The van der Waals surface area contributed by atoms with Crippen molar-refractivity contribution in [2.75, 3.05) is 7.11 Å². The molecule has 0 atom stereocenters. The minimum absolute atomic E-state index is 0.287. The molecule has 136 valence electrons. The molecule has 8 heteroatoms. The van der Waals surface area contributed by atoms with Crippen molar-refractivity contribution in [2.45, 2.75) is 0 Å². The Labute approximate surface area is 162 Å². The number of ether oxygens (including phenoxy) is 1. The Morgan fingerprint density at radius 2 is 2.00 bits per heavy atom. The van der Waals surface area contributed by atoms with E-state index >= 15 is 0 Å². The highest BCUT2D eigenvalue weighted by Gasteiger charge is 2.11. The normalized spacial score (nSPS) is 11.9. The van der Waals surface area contributed by atoms with Gasteiger partial charge in [0.25, 0.3) is 0 Å². The lowest BCUT2D eigenvalue weighted by atomic mass is 10.2. The lowest BCUT2D eigenvalue weighted by molar-refractivity contribution is 0.415. The average molecular weight is 404 g/mol. The van der Waals surface area contributed by atoms with Crippen LogP contribution in [0.2, 0.25) is 0 Å². The number of thiazole rings is 1. The molecular formula is C19H12ClF2N3OS. The molecule has 2 heterocycles. The number of nitrogens with zero attached hydrogens (tertiary/aromatic N) is 2. The van der Waals surface area contributed by atoms with Gasteiger partial charge in [0.1, 0.15) is 16.6 Å². The number of halogens is 3. The van der Waals surface area contributed by atoms with E-state index in [1.54, 1.807) is 13.2 Å². The van der Waals surface area contributed by atoms with Crippen LogP contribution in [0.5, 0.6) is 5.75 Å². The van der Waals surface area contributed by atoms with E-state index in [0.29, 0.717) is 22.6 Å². The van der Waals surface area contributed by atoms with Crippen molar-refractivity contribution in [1.82, 2.24) is 15.0 Å². The van der Waals surface area contributed by atoms with E-state index in [4.69, 9.17) is 16.3 Å². The van der Waals surface area contributed by atoms with Gasteiger partial charge in [-0.05, 0) is 18.2 Å². The SMILES string of the molecule is COc1cccc(-c2nc(/C=C(/Cl)c3nc4cc(F)c(F)cc4[nH]3)cs2)c1. The maximum atomic E-state index is 13.3. The number of H-pyrrole nitrogens is 1. The molecule has 4 rings (SSSR count). The standard InChI is InChI=1S/C19H12ClF2N3OS/c1-26-12-4-2-3-10(5-12)19-23-11(9-27-19)6-13(20)18-24-16-7-14(21)15(22)8-17(16)25-18/h2-9H,1H3,(H,24,25)/b13-6+. The Hall–Kier alpha value is -2.77. The molecule has 4 nitrogen and oxygen atoms in total. The van der Waals surface area contributed by atoms with Crippen molar-refractivity contribution < 1.29 is 13.5 Å². The third-order valence-corrected chi connectivity index (χ3v) is 5.06. The molecule has 0 aliphatic carbocycles. The Morgan fingerprint density at radius 3 is 2.81 bits per heavy atom. The molecule has 4 aromatic rings. The van der Waals surface area contributed by atoms with Crippen molar-refractivity contribution in [1.29, 1.82) is 0 Å². The van der Waals surface area contributed by atoms with Crippen LogP contribution < -0.4 is 4.74 Å². The molecule has 0 aliphatic heterocycles. The zero-order valence-corrected chi connectivity index (χ0v) is 15.5. The van der Waals surface area contributed by atoms with E-state index < -0.39 is 11.6 Å². The largest absolute Gasteiger partial charge is 0.497 e. The summed E-state index contributed by atoms with van der Waals surface area (Å²) in [6, 6.07) is 9.68. The molecule has 0 saturated heterocycles. The first-order valence-electron chi connectivity index (χ1n) is 7.86. The minimum Gasteiger partial charge on any atom is -0.497 e. The number of imidazole rings is 1. The first-order valence-corrected chi connectivity index (χ1v) is 9.11.